The Morgan fingerprint density at radius 3 is 2.24 bits per heavy atom. The number of fused-ring (bicyclic) bond motifs is 1. The lowest BCUT2D eigenvalue weighted by molar-refractivity contribution is -0.137. The molecule has 3 atom stereocenters. The summed E-state index contributed by atoms with van der Waals surface area (Å²) in [6.07, 6.45) is 6.73. The van der Waals surface area contributed by atoms with E-state index in [2.05, 4.69) is 6.58 Å². The molecule has 0 spiro atoms. The van der Waals surface area contributed by atoms with Crippen LogP contribution in [0.5, 0.6) is 0 Å². The highest BCUT2D eigenvalue weighted by Gasteiger charge is 2.45. The van der Waals surface area contributed by atoms with E-state index in [0.29, 0.717) is 12.2 Å². The molecule has 0 aromatic rings. The van der Waals surface area contributed by atoms with Crippen LogP contribution in [0.2, 0.25) is 6.04 Å². The highest BCUT2D eigenvalue weighted by Crippen LogP contribution is 2.41. The lowest BCUT2D eigenvalue weighted by Crippen LogP contribution is -2.43. The van der Waals surface area contributed by atoms with Crippen LogP contribution < -0.4 is 0 Å². The van der Waals surface area contributed by atoms with Crippen LogP contribution >= 0.6 is 0 Å². The topological polar surface area (TPSA) is 77.2 Å². The lowest BCUT2D eigenvalue weighted by atomic mass is 9.88. The van der Waals surface area contributed by atoms with Gasteiger partial charge in [0.15, 0.2) is 0 Å². The summed E-state index contributed by atoms with van der Waals surface area (Å²) >= 11 is 0. The molecular weight excluding hydrogens is 292 g/mol. The number of hydrogen-bond acceptors (Lipinski definition) is 5. The van der Waals surface area contributed by atoms with Crippen molar-refractivity contribution in [1.29, 1.82) is 0 Å². The van der Waals surface area contributed by atoms with Crippen molar-refractivity contribution in [2.45, 2.75) is 43.9 Å². The Kier molecular flexibility index (Phi) is 7.54. The highest BCUT2D eigenvalue weighted by molar-refractivity contribution is 6.60. The molecule has 1 aliphatic carbocycles. The molecule has 2 fully saturated rings. The molecule has 1 radical (unpaired) electrons. The number of carbonyl (C=O) groups excluding carboxylic acids is 1. The fourth-order valence-corrected chi connectivity index (χ4v) is 4.56. The van der Waals surface area contributed by atoms with E-state index in [-0.39, 0.29) is 0 Å². The average molecular weight is 317 g/mol. The summed E-state index contributed by atoms with van der Waals surface area (Å²) in [5, 5.41) is 9.14. The maximum Gasteiger partial charge on any atom is 0.500 e. The minimum atomic E-state index is -2.35. The average Bonchev–Trinajstić information content (AvgIpc) is 3.28. The second-order valence-corrected chi connectivity index (χ2v) is 8.34. The predicted octanol–water partition coefficient (Wildman–Crippen LogP) is 1.95. The molecule has 121 valence electrons. The van der Waals surface area contributed by atoms with Crippen molar-refractivity contribution in [3.8, 4) is 0 Å². The Morgan fingerprint density at radius 1 is 1.24 bits per heavy atom. The van der Waals surface area contributed by atoms with Crippen LogP contribution in [-0.4, -0.2) is 48.3 Å². The molecule has 1 heterocycles. The summed E-state index contributed by atoms with van der Waals surface area (Å²) in [6.45, 7) is 2.90. The van der Waals surface area contributed by atoms with Gasteiger partial charge in [0.2, 0.25) is 0 Å². The first-order chi connectivity index (χ1) is 10.00. The molecule has 0 N–H and O–H groups in total. The Morgan fingerprint density at radius 2 is 1.81 bits per heavy atom. The molecule has 21 heavy (non-hydrogen) atoms. The Hall–Kier alpha value is -0.733. The third-order valence-corrected chi connectivity index (χ3v) is 6.84. The molecular formula is C14H25O6Si. The van der Waals surface area contributed by atoms with E-state index >= 15 is 0 Å². The Balaban J connectivity index is 0.000000383. The van der Waals surface area contributed by atoms with Gasteiger partial charge in [-0.05, 0) is 31.6 Å². The third kappa shape index (κ3) is 5.88. The molecule has 0 aromatic heterocycles. The summed E-state index contributed by atoms with van der Waals surface area (Å²) in [5.74, 6) is -0.471. The maximum atomic E-state index is 9.14. The summed E-state index contributed by atoms with van der Waals surface area (Å²) in [7, 11) is 2.69. The van der Waals surface area contributed by atoms with Gasteiger partial charge in [-0.1, -0.05) is 6.58 Å². The van der Waals surface area contributed by atoms with Crippen molar-refractivity contribution in [3.05, 3.63) is 12.7 Å². The zero-order valence-corrected chi connectivity index (χ0v) is 14.0. The molecule has 7 heteroatoms. The van der Waals surface area contributed by atoms with Crippen LogP contribution in [0.3, 0.4) is 0 Å². The molecule has 2 aliphatic rings. The van der Waals surface area contributed by atoms with Gasteiger partial charge in [-0.15, -0.1) is 0 Å². The van der Waals surface area contributed by atoms with Gasteiger partial charge in [0.1, 0.15) is 0 Å². The Bertz CT molecular complexity index is 336. The predicted molar refractivity (Wildman–Crippen MR) is 78.1 cm³/mol. The van der Waals surface area contributed by atoms with E-state index in [4.69, 9.17) is 27.9 Å². The van der Waals surface area contributed by atoms with E-state index in [1.807, 2.05) is 0 Å². The zero-order valence-electron chi connectivity index (χ0n) is 13.0. The van der Waals surface area contributed by atoms with Gasteiger partial charge in [-0.25, -0.2) is 9.90 Å². The van der Waals surface area contributed by atoms with Crippen molar-refractivity contribution in [3.63, 3.8) is 0 Å². The normalized spacial score (nSPS) is 27.1. The summed E-state index contributed by atoms with van der Waals surface area (Å²) in [4.78, 5) is 9.14. The summed E-state index contributed by atoms with van der Waals surface area (Å²) in [6, 6.07) is 0.915. The highest BCUT2D eigenvalue weighted by atomic mass is 28.4. The summed E-state index contributed by atoms with van der Waals surface area (Å²) in [5.41, 5.74) is 0. The summed E-state index contributed by atoms with van der Waals surface area (Å²) < 4.78 is 21.8. The van der Waals surface area contributed by atoms with Gasteiger partial charge in [0, 0.05) is 33.4 Å². The van der Waals surface area contributed by atoms with Crippen molar-refractivity contribution >= 4 is 14.8 Å². The molecule has 2 rings (SSSR count). The third-order valence-electron chi connectivity index (χ3n) is 4.07. The molecule has 0 aromatic carbocycles. The van der Waals surface area contributed by atoms with E-state index < -0.39 is 14.8 Å². The molecule has 0 bridgehead atoms. The fraction of sp³-hybridized carbons (Fsp3) is 0.786. The number of ether oxygens (including phenoxy) is 1. The fourth-order valence-electron chi connectivity index (χ4n) is 2.69. The molecule has 3 unspecified atom stereocenters. The first-order valence-electron chi connectivity index (χ1n) is 7.14. The van der Waals surface area contributed by atoms with Gasteiger partial charge in [-0.3, -0.25) is 0 Å². The largest absolute Gasteiger partial charge is 0.500 e. The number of epoxide rings is 1. The standard InChI is InChI=1S/C11H22O4Si.C3H3O2/c1-12-16(13-2,14-3)7-6-9-4-5-10-11(8-9)15-10;1-2-3(4)5/h9-11H,4-8H2,1-3H3;2H,1H2. The first-order valence-corrected chi connectivity index (χ1v) is 9.07. The first kappa shape index (κ1) is 18.3. The number of rotatable bonds is 7. The second kappa shape index (κ2) is 8.65. The zero-order chi connectivity index (χ0) is 15.9. The van der Waals surface area contributed by atoms with Crippen molar-refractivity contribution in [2.75, 3.05) is 21.3 Å². The van der Waals surface area contributed by atoms with Crippen LogP contribution in [-0.2, 0) is 27.9 Å². The SMILES string of the molecule is C=CC([O])=O.CO[Si](CCC1CCC2OC2C1)(OC)OC. The minimum Gasteiger partial charge on any atom is -0.377 e. The monoisotopic (exact) mass is 317 g/mol. The van der Waals surface area contributed by atoms with Gasteiger partial charge in [0.25, 0.3) is 0 Å². The number of carbonyl (C=O) groups is 1. The van der Waals surface area contributed by atoms with Crippen molar-refractivity contribution < 1.29 is 27.9 Å². The second-order valence-electron chi connectivity index (χ2n) is 5.25. The quantitative estimate of drug-likeness (QED) is 0.407. The van der Waals surface area contributed by atoms with Gasteiger partial charge >= 0.3 is 14.8 Å². The number of hydrogen-bond donors (Lipinski definition) is 0. The van der Waals surface area contributed by atoms with Gasteiger partial charge in [-0.2, -0.15) is 0 Å². The smallest absolute Gasteiger partial charge is 0.377 e. The van der Waals surface area contributed by atoms with Crippen molar-refractivity contribution in [2.24, 2.45) is 5.92 Å². The van der Waals surface area contributed by atoms with Gasteiger partial charge < -0.3 is 18.0 Å². The minimum absolute atomic E-state index is 0.558. The lowest BCUT2D eigenvalue weighted by Gasteiger charge is -2.27. The Labute approximate surface area is 127 Å². The maximum absolute atomic E-state index is 9.14. The van der Waals surface area contributed by atoms with Crippen LogP contribution in [0.25, 0.3) is 0 Å². The van der Waals surface area contributed by atoms with Crippen LogP contribution in [0.1, 0.15) is 25.7 Å². The van der Waals surface area contributed by atoms with E-state index in [9.17, 15) is 0 Å². The van der Waals surface area contributed by atoms with Crippen molar-refractivity contribution in [1.82, 2.24) is 0 Å². The van der Waals surface area contributed by atoms with Crippen LogP contribution in [0, 0.1) is 5.92 Å². The van der Waals surface area contributed by atoms with E-state index in [1.165, 1.54) is 19.3 Å². The van der Waals surface area contributed by atoms with Gasteiger partial charge in [0.05, 0.1) is 12.2 Å². The molecule has 6 nitrogen and oxygen atoms in total. The molecule has 1 saturated heterocycles. The molecule has 1 saturated carbocycles. The molecule has 0 amide bonds. The molecule has 1 aliphatic heterocycles. The van der Waals surface area contributed by atoms with Crippen LogP contribution in [0.15, 0.2) is 12.7 Å². The van der Waals surface area contributed by atoms with E-state index in [1.54, 1.807) is 21.3 Å². The van der Waals surface area contributed by atoms with E-state index in [0.717, 1.165) is 24.5 Å². The van der Waals surface area contributed by atoms with Crippen LogP contribution in [0.4, 0.5) is 0 Å².